The van der Waals surface area contributed by atoms with Gasteiger partial charge in [-0.3, -0.25) is 4.79 Å². The fraction of sp³-hybridized carbons (Fsp3) is 0.250. The number of carbonyl (C=O) groups excluding carboxylic acids is 1. The molecule has 0 aliphatic carbocycles. The Hall–Kier alpha value is -2.47. The molecule has 0 bridgehead atoms. The van der Waals surface area contributed by atoms with Crippen molar-refractivity contribution in [1.82, 2.24) is 0 Å². The van der Waals surface area contributed by atoms with E-state index < -0.39 is 22.2 Å². The van der Waals surface area contributed by atoms with Crippen molar-refractivity contribution in [1.29, 1.82) is 0 Å². The van der Waals surface area contributed by atoms with Gasteiger partial charge in [-0.05, 0) is 11.1 Å². The van der Waals surface area contributed by atoms with Crippen molar-refractivity contribution >= 4 is 5.91 Å². The quantitative estimate of drug-likeness (QED) is 0.499. The van der Waals surface area contributed by atoms with E-state index in [0.29, 0.717) is 30.5 Å². The lowest BCUT2D eigenvalue weighted by Gasteiger charge is -2.48. The summed E-state index contributed by atoms with van der Waals surface area (Å²) in [5.74, 6) is -0.665. The van der Waals surface area contributed by atoms with E-state index in [9.17, 15) is 15.1 Å². The Bertz CT molecular complexity index is 722. The first kappa shape index (κ1) is 17.4. The molecule has 1 fully saturated rings. The first-order valence-corrected chi connectivity index (χ1v) is 8.37. The SMILES string of the molecule is NC(=O)/C=C/[N@+]1([O-])CCC[C@H]1C(O)(c1ccccc1)c1ccccc1. The van der Waals surface area contributed by atoms with Gasteiger partial charge in [0.1, 0.15) is 12.2 Å². The van der Waals surface area contributed by atoms with Crippen LogP contribution in [0.25, 0.3) is 0 Å². The van der Waals surface area contributed by atoms with E-state index >= 15 is 0 Å². The normalized spacial score (nSPS) is 23.8. The standard InChI is InChI=1S/C20H22N2O3/c21-19(23)13-15-22(25)14-7-12-18(22)20(24,16-8-3-1-4-9-16)17-10-5-2-6-11-17/h1-6,8-11,13,15,18,24H,7,12,14H2,(H2,21,23)/b15-13+/t18-,22+/m0/s1. The van der Waals surface area contributed by atoms with Crippen LogP contribution in [0.3, 0.4) is 0 Å². The number of hydrogen-bond donors (Lipinski definition) is 2. The maximum Gasteiger partial charge on any atom is 0.246 e. The number of nitrogens with two attached hydrogens (primary N) is 1. The number of hydroxylamine groups is 3. The highest BCUT2D eigenvalue weighted by Crippen LogP contribution is 2.43. The number of rotatable bonds is 5. The molecule has 1 aliphatic rings. The maximum absolute atomic E-state index is 13.4. The molecule has 25 heavy (non-hydrogen) atoms. The average Bonchev–Trinajstić information content (AvgIpc) is 3.03. The van der Waals surface area contributed by atoms with Gasteiger partial charge in [0, 0.05) is 12.8 Å². The van der Waals surface area contributed by atoms with Gasteiger partial charge in [-0.2, -0.15) is 0 Å². The molecule has 0 aromatic heterocycles. The molecule has 0 saturated carbocycles. The molecule has 130 valence electrons. The molecular weight excluding hydrogens is 316 g/mol. The fourth-order valence-corrected chi connectivity index (χ4v) is 3.75. The molecule has 0 unspecified atom stereocenters. The number of quaternary nitrogens is 1. The topological polar surface area (TPSA) is 86.4 Å². The van der Waals surface area contributed by atoms with Gasteiger partial charge in [-0.1, -0.05) is 60.7 Å². The predicted molar refractivity (Wildman–Crippen MR) is 95.7 cm³/mol. The van der Waals surface area contributed by atoms with Gasteiger partial charge in [0.15, 0.2) is 5.60 Å². The van der Waals surface area contributed by atoms with Crippen LogP contribution in [-0.4, -0.2) is 28.2 Å². The molecule has 5 nitrogen and oxygen atoms in total. The van der Waals surface area contributed by atoms with E-state index in [1.54, 1.807) is 0 Å². The Balaban J connectivity index is 2.14. The van der Waals surface area contributed by atoms with Crippen molar-refractivity contribution in [2.24, 2.45) is 5.73 Å². The van der Waals surface area contributed by atoms with Crippen molar-refractivity contribution in [2.45, 2.75) is 24.5 Å². The van der Waals surface area contributed by atoms with E-state index in [-0.39, 0.29) is 0 Å². The van der Waals surface area contributed by atoms with Crippen LogP contribution in [0.2, 0.25) is 0 Å². The first-order chi connectivity index (χ1) is 12.0. The minimum atomic E-state index is -1.46. The number of nitrogens with zero attached hydrogens (tertiary/aromatic N) is 1. The summed E-state index contributed by atoms with van der Waals surface area (Å²) >= 11 is 0. The lowest BCUT2D eigenvalue weighted by atomic mass is 9.79. The van der Waals surface area contributed by atoms with E-state index in [1.807, 2.05) is 60.7 Å². The van der Waals surface area contributed by atoms with Gasteiger partial charge in [-0.15, -0.1) is 0 Å². The van der Waals surface area contributed by atoms with Gasteiger partial charge in [0.05, 0.1) is 12.6 Å². The lowest BCUT2D eigenvalue weighted by Crippen LogP contribution is -2.54. The van der Waals surface area contributed by atoms with Crippen LogP contribution >= 0.6 is 0 Å². The molecule has 0 spiro atoms. The molecule has 3 rings (SSSR count). The van der Waals surface area contributed by atoms with Crippen molar-refractivity contribution < 1.29 is 14.5 Å². The Morgan fingerprint density at radius 2 is 1.64 bits per heavy atom. The molecule has 5 heteroatoms. The van der Waals surface area contributed by atoms with Crippen LogP contribution in [0.15, 0.2) is 72.9 Å². The average molecular weight is 338 g/mol. The Kier molecular flexibility index (Phi) is 4.72. The second-order valence-corrected chi connectivity index (χ2v) is 6.45. The van der Waals surface area contributed by atoms with E-state index in [2.05, 4.69) is 0 Å². The van der Waals surface area contributed by atoms with E-state index in [1.165, 1.54) is 6.20 Å². The van der Waals surface area contributed by atoms with Crippen LogP contribution in [-0.2, 0) is 10.4 Å². The van der Waals surface area contributed by atoms with Gasteiger partial charge >= 0.3 is 0 Å². The number of aliphatic hydroxyl groups is 1. The number of amides is 1. The molecule has 1 aliphatic heterocycles. The van der Waals surface area contributed by atoms with Gasteiger partial charge in [0.25, 0.3) is 0 Å². The Morgan fingerprint density at radius 1 is 1.12 bits per heavy atom. The van der Waals surface area contributed by atoms with Crippen LogP contribution in [0.4, 0.5) is 0 Å². The van der Waals surface area contributed by atoms with Crippen LogP contribution < -0.4 is 5.73 Å². The minimum Gasteiger partial charge on any atom is -0.627 e. The summed E-state index contributed by atoms with van der Waals surface area (Å²) in [7, 11) is 0. The zero-order valence-corrected chi connectivity index (χ0v) is 13.9. The highest BCUT2D eigenvalue weighted by Gasteiger charge is 2.51. The second kappa shape index (κ2) is 6.80. The Morgan fingerprint density at radius 3 is 2.12 bits per heavy atom. The summed E-state index contributed by atoms with van der Waals surface area (Å²) in [6.45, 7) is 0.302. The summed E-state index contributed by atoms with van der Waals surface area (Å²) < 4.78 is -0.775. The summed E-state index contributed by atoms with van der Waals surface area (Å²) in [4.78, 5) is 11.1. The van der Waals surface area contributed by atoms with E-state index in [4.69, 9.17) is 5.73 Å². The van der Waals surface area contributed by atoms with Gasteiger partial charge in [0.2, 0.25) is 5.91 Å². The van der Waals surface area contributed by atoms with Crippen LogP contribution in [0.5, 0.6) is 0 Å². The van der Waals surface area contributed by atoms with Gasteiger partial charge in [-0.25, -0.2) is 0 Å². The van der Waals surface area contributed by atoms with Crippen molar-refractivity contribution in [2.75, 3.05) is 6.54 Å². The molecule has 2 atom stereocenters. The summed E-state index contributed by atoms with van der Waals surface area (Å²) in [6.07, 6.45) is 3.59. The van der Waals surface area contributed by atoms with Crippen molar-refractivity contribution in [3.05, 3.63) is 89.3 Å². The van der Waals surface area contributed by atoms with Crippen LogP contribution in [0.1, 0.15) is 24.0 Å². The minimum absolute atomic E-state index is 0.302. The highest BCUT2D eigenvalue weighted by molar-refractivity contribution is 5.85. The van der Waals surface area contributed by atoms with Crippen molar-refractivity contribution in [3.63, 3.8) is 0 Å². The van der Waals surface area contributed by atoms with Crippen molar-refractivity contribution in [3.8, 4) is 0 Å². The summed E-state index contributed by atoms with van der Waals surface area (Å²) in [5, 5.41) is 25.2. The predicted octanol–water partition coefficient (Wildman–Crippen LogP) is 2.40. The highest BCUT2D eigenvalue weighted by atomic mass is 16.6. The third-order valence-corrected chi connectivity index (χ3v) is 4.91. The van der Waals surface area contributed by atoms with Crippen LogP contribution in [0, 0.1) is 5.21 Å². The number of likely N-dealkylation sites (tertiary alicyclic amines) is 1. The molecule has 2 aromatic rings. The zero-order valence-electron chi connectivity index (χ0n) is 13.9. The third kappa shape index (κ3) is 3.22. The Labute approximate surface area is 147 Å². The first-order valence-electron chi connectivity index (χ1n) is 8.37. The largest absolute Gasteiger partial charge is 0.627 e. The third-order valence-electron chi connectivity index (χ3n) is 4.91. The lowest BCUT2D eigenvalue weighted by molar-refractivity contribution is -0.850. The molecular formula is C20H22N2O3. The smallest absolute Gasteiger partial charge is 0.246 e. The maximum atomic E-state index is 13.4. The summed E-state index contributed by atoms with van der Waals surface area (Å²) in [6, 6.07) is 17.8. The number of primary amides is 1. The number of hydrogen-bond acceptors (Lipinski definition) is 3. The molecule has 1 saturated heterocycles. The monoisotopic (exact) mass is 338 g/mol. The molecule has 1 heterocycles. The van der Waals surface area contributed by atoms with Gasteiger partial charge < -0.3 is 20.7 Å². The van der Waals surface area contributed by atoms with E-state index in [0.717, 1.165) is 6.08 Å². The molecule has 0 radical (unpaired) electrons. The number of carbonyl (C=O) groups is 1. The summed E-state index contributed by atoms with van der Waals surface area (Å²) in [5.41, 5.74) is 5.04. The number of benzene rings is 2. The zero-order chi connectivity index (χ0) is 17.9. The molecule has 1 amide bonds. The molecule has 3 N–H and O–H groups in total. The fourth-order valence-electron chi connectivity index (χ4n) is 3.75. The second-order valence-electron chi connectivity index (χ2n) is 6.45. The molecule has 2 aromatic carbocycles.